The van der Waals surface area contributed by atoms with Crippen molar-refractivity contribution in [1.29, 1.82) is 0 Å². The van der Waals surface area contributed by atoms with E-state index in [1.54, 1.807) is 6.92 Å². The lowest BCUT2D eigenvalue weighted by Gasteiger charge is -2.15. The molecule has 4 nitrogen and oxygen atoms in total. The van der Waals surface area contributed by atoms with E-state index in [2.05, 4.69) is 4.98 Å². The number of rotatable bonds is 7. The zero-order chi connectivity index (χ0) is 20.2. The molecule has 0 saturated carbocycles. The summed E-state index contributed by atoms with van der Waals surface area (Å²) in [5.74, 6) is -0.567. The van der Waals surface area contributed by atoms with Crippen molar-refractivity contribution in [3.05, 3.63) is 47.2 Å². The second kappa shape index (κ2) is 8.41. The molecule has 0 aliphatic heterocycles. The van der Waals surface area contributed by atoms with Crippen molar-refractivity contribution in [2.24, 2.45) is 5.92 Å². The minimum Gasteiger partial charge on any atom is -0.493 e. The van der Waals surface area contributed by atoms with E-state index in [1.807, 2.05) is 13.8 Å². The Morgan fingerprint density at radius 1 is 1.22 bits per heavy atom. The van der Waals surface area contributed by atoms with Gasteiger partial charge < -0.3 is 9.84 Å². The lowest BCUT2D eigenvalue weighted by Crippen LogP contribution is -2.11. The van der Waals surface area contributed by atoms with E-state index >= 15 is 0 Å². The smallest absolute Gasteiger partial charge is 0.416 e. The molecule has 0 saturated heterocycles. The van der Waals surface area contributed by atoms with Crippen LogP contribution < -0.4 is 4.74 Å². The van der Waals surface area contributed by atoms with Gasteiger partial charge >= 0.3 is 12.1 Å². The number of hydrogen-bond acceptors (Lipinski definition) is 3. The van der Waals surface area contributed by atoms with Gasteiger partial charge in [-0.3, -0.25) is 4.98 Å². The maximum atomic E-state index is 12.8. The maximum absolute atomic E-state index is 12.8. The van der Waals surface area contributed by atoms with Crippen molar-refractivity contribution < 1.29 is 27.8 Å². The van der Waals surface area contributed by atoms with E-state index in [4.69, 9.17) is 4.74 Å². The number of pyridine rings is 1. The molecule has 0 fully saturated rings. The zero-order valence-corrected chi connectivity index (χ0v) is 15.4. The molecule has 0 atom stereocenters. The molecule has 1 heterocycles. The fourth-order valence-electron chi connectivity index (χ4n) is 2.55. The molecule has 27 heavy (non-hydrogen) atoms. The molecule has 2 aromatic rings. The fourth-order valence-corrected chi connectivity index (χ4v) is 2.55. The summed E-state index contributed by atoms with van der Waals surface area (Å²) in [6.07, 6.45) is -3.31. The quantitative estimate of drug-likeness (QED) is 0.693. The molecule has 1 aromatic heterocycles. The van der Waals surface area contributed by atoms with Crippen LogP contribution >= 0.6 is 0 Å². The van der Waals surface area contributed by atoms with E-state index in [0.717, 1.165) is 18.6 Å². The number of hydrogen-bond donors (Lipinski definition) is 1. The molecule has 0 aliphatic carbocycles. The van der Waals surface area contributed by atoms with Crippen LogP contribution in [0.4, 0.5) is 13.2 Å². The van der Waals surface area contributed by atoms with Crippen LogP contribution in [0.15, 0.2) is 30.3 Å². The Morgan fingerprint density at radius 3 is 2.33 bits per heavy atom. The van der Waals surface area contributed by atoms with E-state index in [0.29, 0.717) is 35.9 Å². The standard InChI is InChI=1S/C20H22F3NO3/c1-4-15-18(19(25)26)17(27-10-9-12(2)3)11-16(24-15)13-5-7-14(8-6-13)20(21,22)23/h5-8,11-12H,4,9-10H2,1-3H3,(H,25,26). The maximum Gasteiger partial charge on any atom is 0.416 e. The van der Waals surface area contributed by atoms with Crippen LogP contribution in [-0.2, 0) is 12.6 Å². The molecule has 7 heteroatoms. The van der Waals surface area contributed by atoms with Gasteiger partial charge in [0.2, 0.25) is 0 Å². The molecule has 146 valence electrons. The molecule has 0 radical (unpaired) electrons. The number of carbonyl (C=O) groups is 1. The molecule has 0 bridgehead atoms. The number of carboxylic acids is 1. The van der Waals surface area contributed by atoms with E-state index in [1.165, 1.54) is 18.2 Å². The van der Waals surface area contributed by atoms with Gasteiger partial charge in [0.25, 0.3) is 0 Å². The molecule has 0 aliphatic rings. The summed E-state index contributed by atoms with van der Waals surface area (Å²) >= 11 is 0. The van der Waals surface area contributed by atoms with Gasteiger partial charge in [-0.2, -0.15) is 13.2 Å². The highest BCUT2D eigenvalue weighted by atomic mass is 19.4. The predicted molar refractivity (Wildman–Crippen MR) is 96.0 cm³/mol. The Hall–Kier alpha value is -2.57. The number of alkyl halides is 3. The highest BCUT2D eigenvalue weighted by molar-refractivity contribution is 5.93. The molecule has 0 amide bonds. The van der Waals surface area contributed by atoms with Crippen LogP contribution in [0.25, 0.3) is 11.3 Å². The molecule has 0 unspecified atom stereocenters. The number of ether oxygens (including phenoxy) is 1. The highest BCUT2D eigenvalue weighted by Crippen LogP contribution is 2.33. The summed E-state index contributed by atoms with van der Waals surface area (Å²) < 4.78 is 43.9. The molecular weight excluding hydrogens is 359 g/mol. The minimum absolute atomic E-state index is 0.00285. The average Bonchev–Trinajstić information content (AvgIpc) is 2.59. The number of aryl methyl sites for hydroxylation is 1. The Labute approximate surface area is 156 Å². The monoisotopic (exact) mass is 381 g/mol. The van der Waals surface area contributed by atoms with Gasteiger partial charge in [-0.15, -0.1) is 0 Å². The first-order chi connectivity index (χ1) is 12.6. The second-order valence-electron chi connectivity index (χ2n) is 6.59. The van der Waals surface area contributed by atoms with Crippen LogP contribution in [0, 0.1) is 5.92 Å². The normalized spacial score (nSPS) is 11.7. The topological polar surface area (TPSA) is 59.4 Å². The summed E-state index contributed by atoms with van der Waals surface area (Å²) in [5.41, 5.74) is 0.419. The number of benzene rings is 1. The summed E-state index contributed by atoms with van der Waals surface area (Å²) in [4.78, 5) is 16.0. The number of halogens is 3. The molecule has 1 N–H and O–H groups in total. The Balaban J connectivity index is 2.46. The fraction of sp³-hybridized carbons (Fsp3) is 0.400. The third-order valence-corrected chi connectivity index (χ3v) is 4.07. The van der Waals surface area contributed by atoms with Gasteiger partial charge in [-0.25, -0.2) is 4.79 Å². The first-order valence-corrected chi connectivity index (χ1v) is 8.71. The first-order valence-electron chi connectivity index (χ1n) is 8.71. The van der Waals surface area contributed by atoms with Crippen LogP contribution in [0.3, 0.4) is 0 Å². The summed E-state index contributed by atoms with van der Waals surface area (Å²) in [6.45, 7) is 6.17. The van der Waals surface area contributed by atoms with E-state index in [-0.39, 0.29) is 11.3 Å². The van der Waals surface area contributed by atoms with E-state index in [9.17, 15) is 23.1 Å². The largest absolute Gasteiger partial charge is 0.493 e. The van der Waals surface area contributed by atoms with Gasteiger partial charge in [-0.1, -0.05) is 32.9 Å². The van der Waals surface area contributed by atoms with Gasteiger partial charge in [0.1, 0.15) is 11.3 Å². The van der Waals surface area contributed by atoms with Crippen molar-refractivity contribution in [2.75, 3.05) is 6.61 Å². The van der Waals surface area contributed by atoms with Crippen molar-refractivity contribution in [3.8, 4) is 17.0 Å². The highest BCUT2D eigenvalue weighted by Gasteiger charge is 2.30. The summed E-state index contributed by atoms with van der Waals surface area (Å²) in [5, 5.41) is 9.53. The van der Waals surface area contributed by atoms with Crippen molar-refractivity contribution >= 4 is 5.97 Å². The number of aromatic nitrogens is 1. The molecule has 0 spiro atoms. The lowest BCUT2D eigenvalue weighted by atomic mass is 10.0. The van der Waals surface area contributed by atoms with Crippen LogP contribution in [0.5, 0.6) is 5.75 Å². The SMILES string of the molecule is CCc1nc(-c2ccc(C(F)(F)F)cc2)cc(OCCC(C)C)c1C(=O)O. The van der Waals surface area contributed by atoms with Crippen LogP contribution in [-0.4, -0.2) is 22.7 Å². The zero-order valence-electron chi connectivity index (χ0n) is 15.4. The Bertz CT molecular complexity index is 799. The van der Waals surface area contributed by atoms with Gasteiger partial charge in [0, 0.05) is 11.6 Å². The summed E-state index contributed by atoms with van der Waals surface area (Å²) in [7, 11) is 0. The lowest BCUT2D eigenvalue weighted by molar-refractivity contribution is -0.137. The minimum atomic E-state index is -4.42. The third kappa shape index (κ3) is 5.21. The average molecular weight is 381 g/mol. The number of carboxylic acid groups (broad SMARTS) is 1. The van der Waals surface area contributed by atoms with Crippen LogP contribution in [0.1, 0.15) is 48.8 Å². The third-order valence-electron chi connectivity index (χ3n) is 4.07. The molecule has 2 rings (SSSR count). The molecular formula is C20H22F3NO3. The van der Waals surface area contributed by atoms with Gasteiger partial charge in [0.15, 0.2) is 0 Å². The van der Waals surface area contributed by atoms with Gasteiger partial charge in [0.05, 0.1) is 23.6 Å². The Kier molecular flexibility index (Phi) is 6.46. The first kappa shape index (κ1) is 20.7. The number of aromatic carboxylic acids is 1. The molecule has 1 aromatic carbocycles. The van der Waals surface area contributed by atoms with Crippen molar-refractivity contribution in [3.63, 3.8) is 0 Å². The van der Waals surface area contributed by atoms with Crippen molar-refractivity contribution in [2.45, 2.75) is 39.8 Å². The summed E-state index contributed by atoms with van der Waals surface area (Å²) in [6, 6.07) is 6.08. The second-order valence-corrected chi connectivity index (χ2v) is 6.59. The van der Waals surface area contributed by atoms with Crippen LogP contribution in [0.2, 0.25) is 0 Å². The van der Waals surface area contributed by atoms with Crippen molar-refractivity contribution in [1.82, 2.24) is 4.98 Å². The Morgan fingerprint density at radius 2 is 1.85 bits per heavy atom. The number of nitrogens with zero attached hydrogens (tertiary/aromatic N) is 1. The van der Waals surface area contributed by atoms with Gasteiger partial charge in [-0.05, 0) is 30.9 Å². The van der Waals surface area contributed by atoms with E-state index < -0.39 is 17.7 Å². The predicted octanol–water partition coefficient (Wildman–Crippen LogP) is 5.45.